The molecule has 1 saturated heterocycles. The number of hydrogen-bond donors (Lipinski definition) is 2. The van der Waals surface area contributed by atoms with Gasteiger partial charge in [0, 0.05) is 36.6 Å². The highest BCUT2D eigenvalue weighted by Crippen LogP contribution is 2.32. The highest BCUT2D eigenvalue weighted by atomic mass is 19.4. The van der Waals surface area contributed by atoms with E-state index in [4.69, 9.17) is 10.5 Å². The number of nitrogens with zero attached hydrogens (tertiary/aromatic N) is 2. The number of benzene rings is 1. The number of ether oxygens (including phenoxy) is 1. The van der Waals surface area contributed by atoms with Gasteiger partial charge in [-0.25, -0.2) is 8.78 Å². The van der Waals surface area contributed by atoms with E-state index in [1.54, 1.807) is 20.8 Å². The quantitative estimate of drug-likeness (QED) is 0.559. The highest BCUT2D eigenvalue weighted by Gasteiger charge is 2.38. The molecular weight excluding hydrogens is 451 g/mol. The molecule has 3 N–H and O–H groups in total. The van der Waals surface area contributed by atoms with Crippen LogP contribution in [0.5, 0.6) is 0 Å². The standard InChI is InChI=1S/C21H29F5N4O3/c1-20(2,3)11-29(12-21(24,25)26)16(9-27)19(32)28-15-5-4-13(8-14(15)18(22)23)30-6-7-33-10-17(30)31/h4-5,8,16,18H,6-7,9-12,27H2,1-3H3,(H,28,32)/t16-/m0/s1. The number of nitrogens with one attached hydrogen (secondary N) is 1. The first kappa shape index (κ1) is 26.9. The summed E-state index contributed by atoms with van der Waals surface area (Å²) in [6.45, 7) is 3.47. The molecule has 12 heteroatoms. The molecule has 0 bridgehead atoms. The molecule has 1 aliphatic rings. The maximum atomic E-state index is 13.7. The third-order valence-electron chi connectivity index (χ3n) is 4.85. The number of amides is 2. The Hall–Kier alpha value is -2.31. The minimum Gasteiger partial charge on any atom is -0.370 e. The maximum absolute atomic E-state index is 13.7. The molecule has 0 radical (unpaired) electrons. The van der Waals surface area contributed by atoms with E-state index in [2.05, 4.69) is 5.32 Å². The molecule has 2 amide bonds. The first-order valence-corrected chi connectivity index (χ1v) is 10.3. The fourth-order valence-corrected chi connectivity index (χ4v) is 3.56. The van der Waals surface area contributed by atoms with E-state index in [0.29, 0.717) is 0 Å². The summed E-state index contributed by atoms with van der Waals surface area (Å²) in [6.07, 6.45) is -7.59. The lowest BCUT2D eigenvalue weighted by Crippen LogP contribution is -2.54. The Morgan fingerprint density at radius 1 is 1.24 bits per heavy atom. The van der Waals surface area contributed by atoms with Gasteiger partial charge in [0.05, 0.1) is 13.2 Å². The summed E-state index contributed by atoms with van der Waals surface area (Å²) in [6, 6.07) is 2.26. The van der Waals surface area contributed by atoms with Gasteiger partial charge >= 0.3 is 6.18 Å². The zero-order valence-corrected chi connectivity index (χ0v) is 18.7. The molecule has 1 aromatic carbocycles. The minimum absolute atomic E-state index is 0.0957. The lowest BCUT2D eigenvalue weighted by atomic mass is 9.95. The van der Waals surface area contributed by atoms with Crippen LogP contribution in [0, 0.1) is 5.41 Å². The first-order chi connectivity index (χ1) is 15.2. The number of nitrogens with two attached hydrogens (primary N) is 1. The number of carbonyl (C=O) groups is 2. The fraction of sp³-hybridized carbons (Fsp3) is 0.619. The molecule has 2 rings (SSSR count). The van der Waals surface area contributed by atoms with Crippen molar-refractivity contribution in [1.29, 1.82) is 0 Å². The van der Waals surface area contributed by atoms with Crippen molar-refractivity contribution in [3.63, 3.8) is 0 Å². The molecule has 0 aromatic heterocycles. The Morgan fingerprint density at radius 3 is 2.42 bits per heavy atom. The van der Waals surface area contributed by atoms with Gasteiger partial charge in [0.15, 0.2) is 0 Å². The highest BCUT2D eigenvalue weighted by molar-refractivity contribution is 5.97. The van der Waals surface area contributed by atoms with Crippen LogP contribution in [-0.2, 0) is 14.3 Å². The topological polar surface area (TPSA) is 87.9 Å². The van der Waals surface area contributed by atoms with E-state index < -0.39 is 54.5 Å². The molecule has 0 aliphatic carbocycles. The van der Waals surface area contributed by atoms with E-state index in [1.165, 1.54) is 17.0 Å². The molecule has 0 saturated carbocycles. The number of alkyl halides is 5. The van der Waals surface area contributed by atoms with Crippen molar-refractivity contribution in [2.75, 3.05) is 49.6 Å². The van der Waals surface area contributed by atoms with Crippen LogP contribution in [-0.4, -0.2) is 68.3 Å². The van der Waals surface area contributed by atoms with Gasteiger partial charge in [-0.2, -0.15) is 13.2 Å². The Kier molecular flexibility index (Phi) is 8.77. The van der Waals surface area contributed by atoms with Crippen LogP contribution in [0.15, 0.2) is 18.2 Å². The smallest absolute Gasteiger partial charge is 0.370 e. The third kappa shape index (κ3) is 7.90. The Labute approximate surface area is 189 Å². The molecule has 1 atom stereocenters. The van der Waals surface area contributed by atoms with Gasteiger partial charge < -0.3 is 20.7 Å². The Morgan fingerprint density at radius 2 is 1.91 bits per heavy atom. The van der Waals surface area contributed by atoms with Crippen LogP contribution in [0.4, 0.5) is 33.3 Å². The van der Waals surface area contributed by atoms with Crippen LogP contribution in [0.2, 0.25) is 0 Å². The van der Waals surface area contributed by atoms with Crippen LogP contribution in [0.25, 0.3) is 0 Å². The van der Waals surface area contributed by atoms with E-state index in [9.17, 15) is 31.5 Å². The van der Waals surface area contributed by atoms with Crippen molar-refractivity contribution >= 4 is 23.2 Å². The number of halogens is 5. The second-order valence-corrected chi connectivity index (χ2v) is 8.99. The zero-order valence-electron chi connectivity index (χ0n) is 18.7. The predicted octanol–water partition coefficient (Wildman–Crippen LogP) is 3.16. The van der Waals surface area contributed by atoms with Gasteiger partial charge in [0.1, 0.15) is 12.6 Å². The van der Waals surface area contributed by atoms with Crippen molar-refractivity contribution in [2.45, 2.75) is 39.4 Å². The summed E-state index contributed by atoms with van der Waals surface area (Å²) in [4.78, 5) is 27.0. The Balaban J connectivity index is 2.30. The van der Waals surface area contributed by atoms with Gasteiger partial charge in [0.2, 0.25) is 5.91 Å². The van der Waals surface area contributed by atoms with Crippen molar-refractivity contribution < 1.29 is 36.3 Å². The number of anilines is 2. The van der Waals surface area contributed by atoms with Gasteiger partial charge in [0.25, 0.3) is 12.3 Å². The minimum atomic E-state index is -4.58. The monoisotopic (exact) mass is 480 g/mol. The van der Waals surface area contributed by atoms with Gasteiger partial charge in [-0.3, -0.25) is 14.5 Å². The van der Waals surface area contributed by atoms with Crippen molar-refractivity contribution in [2.24, 2.45) is 11.1 Å². The summed E-state index contributed by atoms with van der Waals surface area (Å²) in [7, 11) is 0. The number of morpholine rings is 1. The second-order valence-electron chi connectivity index (χ2n) is 8.99. The van der Waals surface area contributed by atoms with Gasteiger partial charge in [-0.05, 0) is 23.6 Å². The van der Waals surface area contributed by atoms with E-state index >= 15 is 0 Å². The lowest BCUT2D eigenvalue weighted by molar-refractivity contribution is -0.156. The van der Waals surface area contributed by atoms with Crippen LogP contribution in [0.3, 0.4) is 0 Å². The normalized spacial score (nSPS) is 16.5. The van der Waals surface area contributed by atoms with E-state index in [-0.39, 0.29) is 37.7 Å². The molecule has 0 spiro atoms. The van der Waals surface area contributed by atoms with Crippen molar-refractivity contribution in [3.8, 4) is 0 Å². The van der Waals surface area contributed by atoms with Gasteiger partial charge in [-0.1, -0.05) is 20.8 Å². The van der Waals surface area contributed by atoms with Crippen molar-refractivity contribution in [1.82, 2.24) is 4.90 Å². The van der Waals surface area contributed by atoms with Crippen molar-refractivity contribution in [3.05, 3.63) is 23.8 Å². The summed E-state index contributed by atoms with van der Waals surface area (Å²) >= 11 is 0. The number of carbonyl (C=O) groups excluding carboxylic acids is 2. The molecule has 0 unspecified atom stereocenters. The predicted molar refractivity (Wildman–Crippen MR) is 113 cm³/mol. The maximum Gasteiger partial charge on any atom is 0.401 e. The number of rotatable bonds is 8. The average molecular weight is 480 g/mol. The summed E-state index contributed by atoms with van der Waals surface area (Å²) in [5.74, 6) is -1.32. The number of hydrogen-bond acceptors (Lipinski definition) is 5. The molecular formula is C21H29F5N4O3. The fourth-order valence-electron chi connectivity index (χ4n) is 3.56. The van der Waals surface area contributed by atoms with Crippen LogP contribution < -0.4 is 16.0 Å². The molecule has 1 fully saturated rings. The Bertz CT molecular complexity index is 826. The summed E-state index contributed by atoms with van der Waals surface area (Å²) < 4.78 is 71.9. The molecule has 1 heterocycles. The molecule has 33 heavy (non-hydrogen) atoms. The molecule has 7 nitrogen and oxygen atoms in total. The second kappa shape index (κ2) is 10.7. The van der Waals surface area contributed by atoms with E-state index in [1.807, 2.05) is 0 Å². The van der Waals surface area contributed by atoms with E-state index in [0.717, 1.165) is 11.0 Å². The van der Waals surface area contributed by atoms with Crippen LogP contribution in [0.1, 0.15) is 32.8 Å². The molecule has 186 valence electrons. The first-order valence-electron chi connectivity index (χ1n) is 10.3. The largest absolute Gasteiger partial charge is 0.401 e. The SMILES string of the molecule is CC(C)(C)CN(CC(F)(F)F)[C@@H](CN)C(=O)Nc1ccc(N2CCOCC2=O)cc1C(F)F. The summed E-state index contributed by atoms with van der Waals surface area (Å²) in [5.41, 5.74) is 4.43. The van der Waals surface area contributed by atoms with Gasteiger partial charge in [-0.15, -0.1) is 0 Å². The summed E-state index contributed by atoms with van der Waals surface area (Å²) in [5, 5.41) is 2.30. The average Bonchev–Trinajstić information content (AvgIpc) is 2.66. The zero-order chi connectivity index (χ0) is 25.0. The molecule has 1 aliphatic heterocycles. The molecule has 1 aromatic rings. The third-order valence-corrected chi connectivity index (χ3v) is 4.85. The lowest BCUT2D eigenvalue weighted by Gasteiger charge is -2.35. The van der Waals surface area contributed by atoms with Crippen LogP contribution >= 0.6 is 0 Å².